The fourth-order valence-corrected chi connectivity index (χ4v) is 5.69. The Balaban J connectivity index is 1.42. The van der Waals surface area contributed by atoms with Gasteiger partial charge in [-0.05, 0) is 78.7 Å². The number of amides is 1. The van der Waals surface area contributed by atoms with Crippen molar-refractivity contribution in [3.8, 4) is 0 Å². The summed E-state index contributed by atoms with van der Waals surface area (Å²) in [5.41, 5.74) is 3.49. The maximum Gasteiger partial charge on any atom is 0.261 e. The highest BCUT2D eigenvalue weighted by Crippen LogP contribution is 2.23. The lowest BCUT2D eigenvalue weighted by Crippen LogP contribution is -2.29. The molecule has 0 saturated carbocycles. The van der Waals surface area contributed by atoms with Crippen LogP contribution < -0.4 is 14.3 Å². The number of nitrogens with one attached hydrogen (secondary N) is 2. The minimum atomic E-state index is -3.77. The summed E-state index contributed by atoms with van der Waals surface area (Å²) in [5, 5.41) is 2.74. The van der Waals surface area contributed by atoms with Gasteiger partial charge in [-0.3, -0.25) is 13.8 Å². The van der Waals surface area contributed by atoms with Gasteiger partial charge in [0, 0.05) is 16.9 Å². The molecule has 38 heavy (non-hydrogen) atoms. The van der Waals surface area contributed by atoms with Gasteiger partial charge < -0.3 is 5.32 Å². The number of hydrogen-bond acceptors (Lipinski definition) is 5. The number of hydrogen-bond donors (Lipinski definition) is 2. The summed E-state index contributed by atoms with van der Waals surface area (Å²) < 4.78 is 53.9. The molecule has 0 atom stereocenters. The first-order valence-electron chi connectivity index (χ1n) is 11.6. The second-order valence-corrected chi connectivity index (χ2v) is 12.3. The Morgan fingerprint density at radius 3 is 2.03 bits per heavy atom. The Hall–Kier alpha value is -4.15. The van der Waals surface area contributed by atoms with Gasteiger partial charge in [0.05, 0.1) is 23.4 Å². The molecule has 2 N–H and O–H groups in total. The third-order valence-electron chi connectivity index (χ3n) is 5.68. The van der Waals surface area contributed by atoms with E-state index < -0.39 is 20.0 Å². The highest BCUT2D eigenvalue weighted by Gasteiger charge is 2.19. The molecule has 4 rings (SSSR count). The molecule has 10 heteroatoms. The number of carbonyl (C=O) groups excluding carboxylic acids is 1. The molecule has 4 aromatic rings. The fourth-order valence-electron chi connectivity index (χ4n) is 3.75. The molecule has 0 saturated heterocycles. The number of aryl methyl sites for hydroxylation is 1. The van der Waals surface area contributed by atoms with E-state index in [1.807, 2.05) is 13.0 Å². The van der Waals surface area contributed by atoms with Crippen molar-refractivity contribution in [2.75, 3.05) is 20.6 Å². The van der Waals surface area contributed by atoms with Gasteiger partial charge in [0.1, 0.15) is 0 Å². The summed E-state index contributed by atoms with van der Waals surface area (Å²) >= 11 is 0. The van der Waals surface area contributed by atoms with Crippen molar-refractivity contribution < 1.29 is 21.6 Å². The molecule has 4 aromatic carbocycles. The van der Waals surface area contributed by atoms with Crippen LogP contribution in [-0.2, 0) is 26.6 Å². The fraction of sp³-hybridized carbons (Fsp3) is 0.107. The first kappa shape index (κ1) is 26.9. The van der Waals surface area contributed by atoms with E-state index in [-0.39, 0.29) is 17.3 Å². The average Bonchev–Trinajstić information content (AvgIpc) is 2.87. The lowest BCUT2D eigenvalue weighted by molar-refractivity contribution is 0.102. The summed E-state index contributed by atoms with van der Waals surface area (Å²) in [4.78, 5) is 12.8. The van der Waals surface area contributed by atoms with Crippen molar-refractivity contribution in [2.24, 2.45) is 0 Å². The highest BCUT2D eigenvalue weighted by molar-refractivity contribution is 7.92. The molecule has 0 unspecified atom stereocenters. The minimum Gasteiger partial charge on any atom is -0.322 e. The SMILES string of the molecule is Cc1cccc(N(Cc2ccc(C(=O)Nc3ccc(S(=O)(=O)Nc4ccccc4)cc3)cc2)S(C)(=O)=O)c1. The van der Waals surface area contributed by atoms with Crippen molar-refractivity contribution in [3.63, 3.8) is 0 Å². The minimum absolute atomic E-state index is 0.0627. The first-order chi connectivity index (χ1) is 18.0. The van der Waals surface area contributed by atoms with Gasteiger partial charge in [0.15, 0.2) is 0 Å². The molecule has 8 nitrogen and oxygen atoms in total. The van der Waals surface area contributed by atoms with Crippen LogP contribution in [0.4, 0.5) is 17.1 Å². The lowest BCUT2D eigenvalue weighted by atomic mass is 10.1. The van der Waals surface area contributed by atoms with Gasteiger partial charge in [0.25, 0.3) is 15.9 Å². The molecular formula is C28H27N3O5S2. The number of carbonyl (C=O) groups is 1. The maximum atomic E-state index is 12.7. The van der Waals surface area contributed by atoms with Crippen molar-refractivity contribution in [3.05, 3.63) is 120 Å². The zero-order valence-corrected chi connectivity index (χ0v) is 22.5. The molecule has 1 amide bonds. The zero-order valence-electron chi connectivity index (χ0n) is 20.8. The van der Waals surface area contributed by atoms with E-state index in [0.717, 1.165) is 11.8 Å². The normalized spacial score (nSPS) is 11.5. The van der Waals surface area contributed by atoms with Crippen LogP contribution in [0.25, 0.3) is 0 Å². The third kappa shape index (κ3) is 6.78. The summed E-state index contributed by atoms with van der Waals surface area (Å²) in [6, 6.07) is 28.3. The second-order valence-electron chi connectivity index (χ2n) is 8.76. The number of benzene rings is 4. The van der Waals surface area contributed by atoms with Crippen LogP contribution in [0.2, 0.25) is 0 Å². The van der Waals surface area contributed by atoms with E-state index in [9.17, 15) is 21.6 Å². The monoisotopic (exact) mass is 549 g/mol. The van der Waals surface area contributed by atoms with Gasteiger partial charge in [0.2, 0.25) is 10.0 Å². The summed E-state index contributed by atoms with van der Waals surface area (Å²) in [7, 11) is -7.29. The summed E-state index contributed by atoms with van der Waals surface area (Å²) in [6.45, 7) is 2.02. The molecule has 0 fully saturated rings. The molecule has 0 aliphatic heterocycles. The smallest absolute Gasteiger partial charge is 0.261 e. The topological polar surface area (TPSA) is 113 Å². The summed E-state index contributed by atoms with van der Waals surface area (Å²) in [6.07, 6.45) is 1.16. The van der Waals surface area contributed by atoms with Crippen LogP contribution in [0, 0.1) is 6.92 Å². The molecule has 0 heterocycles. The molecule has 0 bridgehead atoms. The second kappa shape index (κ2) is 11.1. The van der Waals surface area contributed by atoms with E-state index >= 15 is 0 Å². The van der Waals surface area contributed by atoms with Crippen molar-refractivity contribution >= 4 is 43.0 Å². The molecule has 0 aliphatic carbocycles. The van der Waals surface area contributed by atoms with E-state index in [1.54, 1.807) is 72.8 Å². The molecule has 0 radical (unpaired) electrons. The quantitative estimate of drug-likeness (QED) is 0.305. The van der Waals surface area contributed by atoms with Crippen LogP contribution in [0.3, 0.4) is 0 Å². The van der Waals surface area contributed by atoms with Gasteiger partial charge in [-0.15, -0.1) is 0 Å². The predicted octanol–water partition coefficient (Wildman–Crippen LogP) is 5.01. The first-order valence-corrected chi connectivity index (χ1v) is 15.0. The zero-order chi connectivity index (χ0) is 27.3. The molecule has 196 valence electrons. The lowest BCUT2D eigenvalue weighted by Gasteiger charge is -2.23. The highest BCUT2D eigenvalue weighted by atomic mass is 32.2. The molecule has 0 spiro atoms. The Kier molecular flexibility index (Phi) is 7.84. The molecule has 0 aromatic heterocycles. The van der Waals surface area contributed by atoms with Crippen LogP contribution in [-0.4, -0.2) is 29.0 Å². The average molecular weight is 550 g/mol. The Bertz CT molecular complexity index is 1640. The van der Waals surface area contributed by atoms with Gasteiger partial charge >= 0.3 is 0 Å². The maximum absolute atomic E-state index is 12.7. The van der Waals surface area contributed by atoms with Crippen LogP contribution in [0.15, 0.2) is 108 Å². The Morgan fingerprint density at radius 1 is 0.763 bits per heavy atom. The largest absolute Gasteiger partial charge is 0.322 e. The third-order valence-corrected chi connectivity index (χ3v) is 8.22. The van der Waals surface area contributed by atoms with Gasteiger partial charge in [-0.1, -0.05) is 42.5 Å². The number of para-hydroxylation sites is 1. The van der Waals surface area contributed by atoms with Crippen LogP contribution in [0.5, 0.6) is 0 Å². The molecular weight excluding hydrogens is 522 g/mol. The number of rotatable bonds is 9. The van der Waals surface area contributed by atoms with Gasteiger partial charge in [-0.25, -0.2) is 16.8 Å². The Labute approximate surface area is 223 Å². The van der Waals surface area contributed by atoms with E-state index in [4.69, 9.17) is 0 Å². The predicted molar refractivity (Wildman–Crippen MR) is 150 cm³/mol. The van der Waals surface area contributed by atoms with Crippen LogP contribution >= 0.6 is 0 Å². The summed E-state index contributed by atoms with van der Waals surface area (Å²) in [5.74, 6) is -0.381. The van der Waals surface area contributed by atoms with Crippen molar-refractivity contribution in [2.45, 2.75) is 18.4 Å². The van der Waals surface area contributed by atoms with Crippen molar-refractivity contribution in [1.29, 1.82) is 0 Å². The standard InChI is InChI=1S/C28H27N3O5S2/c1-21-7-6-10-26(19-21)31(37(2,33)34)20-22-11-13-23(14-12-22)28(32)29-24-15-17-27(18-16-24)38(35,36)30-25-8-4-3-5-9-25/h3-19,30H,20H2,1-2H3,(H,29,32). The van der Waals surface area contributed by atoms with Gasteiger partial charge in [-0.2, -0.15) is 0 Å². The van der Waals surface area contributed by atoms with Crippen LogP contribution in [0.1, 0.15) is 21.5 Å². The van der Waals surface area contributed by atoms with E-state index in [2.05, 4.69) is 10.0 Å². The number of nitrogens with zero attached hydrogens (tertiary/aromatic N) is 1. The van der Waals surface area contributed by atoms with E-state index in [0.29, 0.717) is 28.2 Å². The van der Waals surface area contributed by atoms with Crippen molar-refractivity contribution in [1.82, 2.24) is 0 Å². The van der Waals surface area contributed by atoms with E-state index in [1.165, 1.54) is 28.6 Å². The molecule has 0 aliphatic rings. The number of anilines is 3. The Morgan fingerprint density at radius 2 is 1.42 bits per heavy atom. The number of sulfonamides is 2.